The minimum atomic E-state index is 0.357. The van der Waals surface area contributed by atoms with Gasteiger partial charge in [0.1, 0.15) is 0 Å². The molecule has 0 atom stereocenters. The van der Waals surface area contributed by atoms with Crippen molar-refractivity contribution < 1.29 is 0 Å². The summed E-state index contributed by atoms with van der Waals surface area (Å²) in [7, 11) is 2.21. The van der Waals surface area contributed by atoms with Crippen LogP contribution in [-0.2, 0) is 6.54 Å². The third kappa shape index (κ3) is 2.47. The van der Waals surface area contributed by atoms with Crippen LogP contribution in [0.3, 0.4) is 0 Å². The largest absolute Gasteiger partial charge is 0.331 e. The van der Waals surface area contributed by atoms with E-state index in [4.69, 9.17) is 12.2 Å². The van der Waals surface area contributed by atoms with Gasteiger partial charge in [0.25, 0.3) is 0 Å². The van der Waals surface area contributed by atoms with Crippen molar-refractivity contribution in [3.63, 3.8) is 0 Å². The van der Waals surface area contributed by atoms with Crippen LogP contribution in [0.4, 0.5) is 0 Å². The Bertz CT molecular complexity index is 632. The Kier molecular flexibility index (Phi) is 3.23. The first-order valence-corrected chi connectivity index (χ1v) is 7.34. The molecule has 2 heterocycles. The van der Waals surface area contributed by atoms with Gasteiger partial charge in [0.05, 0.1) is 11.0 Å². The Morgan fingerprint density at radius 3 is 2.68 bits per heavy atom. The van der Waals surface area contributed by atoms with Crippen molar-refractivity contribution in [2.45, 2.75) is 26.3 Å². The molecule has 0 spiro atoms. The maximum absolute atomic E-state index is 5.49. The Labute approximate surface area is 119 Å². The van der Waals surface area contributed by atoms with Crippen molar-refractivity contribution in [2.75, 3.05) is 20.1 Å². The standard InChI is InChI=1S/C15H21N3S/c1-15(7-9-17(2)10-8-15)11-18-13-6-4-3-5-12(13)16-14(18)19/h3-6H,7-11H2,1-2H3,(H,16,19). The first kappa shape index (κ1) is 12.9. The normalized spacial score (nSPS) is 19.9. The molecule has 0 bridgehead atoms. The molecule has 0 amide bonds. The van der Waals surface area contributed by atoms with Crippen molar-refractivity contribution in [1.29, 1.82) is 0 Å². The fourth-order valence-electron chi connectivity index (χ4n) is 2.96. The number of imidazole rings is 1. The summed E-state index contributed by atoms with van der Waals surface area (Å²) in [5, 5.41) is 0. The molecule has 3 rings (SSSR count). The third-order valence-electron chi connectivity index (χ3n) is 4.42. The number of nitrogens with one attached hydrogen (secondary N) is 1. The van der Waals surface area contributed by atoms with E-state index in [-0.39, 0.29) is 0 Å². The minimum Gasteiger partial charge on any atom is -0.331 e. The number of benzene rings is 1. The first-order chi connectivity index (χ1) is 9.07. The number of para-hydroxylation sites is 2. The molecular formula is C15H21N3S. The summed E-state index contributed by atoms with van der Waals surface area (Å²) in [5.74, 6) is 0. The summed E-state index contributed by atoms with van der Waals surface area (Å²) in [6.07, 6.45) is 2.48. The van der Waals surface area contributed by atoms with E-state index in [9.17, 15) is 0 Å². The average molecular weight is 275 g/mol. The number of H-pyrrole nitrogens is 1. The summed E-state index contributed by atoms with van der Waals surface area (Å²) in [6, 6.07) is 8.38. The minimum absolute atomic E-state index is 0.357. The van der Waals surface area contributed by atoms with Crippen molar-refractivity contribution in [2.24, 2.45) is 5.41 Å². The maximum Gasteiger partial charge on any atom is 0.178 e. The highest BCUT2D eigenvalue weighted by molar-refractivity contribution is 7.71. The van der Waals surface area contributed by atoms with E-state index in [0.717, 1.165) is 16.8 Å². The Morgan fingerprint density at radius 2 is 1.95 bits per heavy atom. The maximum atomic E-state index is 5.49. The van der Waals surface area contributed by atoms with E-state index in [1.54, 1.807) is 0 Å². The number of fused-ring (bicyclic) bond motifs is 1. The van der Waals surface area contributed by atoms with Gasteiger partial charge in [-0.05, 0) is 62.7 Å². The van der Waals surface area contributed by atoms with E-state index in [1.807, 2.05) is 0 Å². The molecular weight excluding hydrogens is 254 g/mol. The van der Waals surface area contributed by atoms with E-state index in [0.29, 0.717) is 5.41 Å². The third-order valence-corrected chi connectivity index (χ3v) is 4.74. The molecule has 0 unspecified atom stereocenters. The van der Waals surface area contributed by atoms with Crippen LogP contribution in [0.1, 0.15) is 19.8 Å². The molecule has 0 aliphatic carbocycles. The Hall–Kier alpha value is -1.13. The van der Waals surface area contributed by atoms with Gasteiger partial charge in [-0.25, -0.2) is 0 Å². The molecule has 1 saturated heterocycles. The molecule has 1 fully saturated rings. The predicted octanol–water partition coefficient (Wildman–Crippen LogP) is 3.43. The van der Waals surface area contributed by atoms with Gasteiger partial charge in [0.2, 0.25) is 0 Å². The van der Waals surface area contributed by atoms with Crippen molar-refractivity contribution >= 4 is 23.3 Å². The zero-order chi connectivity index (χ0) is 13.5. The second-order valence-electron chi connectivity index (χ2n) is 6.15. The lowest BCUT2D eigenvalue weighted by molar-refractivity contribution is 0.121. The quantitative estimate of drug-likeness (QED) is 0.849. The summed E-state index contributed by atoms with van der Waals surface area (Å²) >= 11 is 5.49. The number of aromatic nitrogens is 2. The van der Waals surface area contributed by atoms with E-state index >= 15 is 0 Å². The SMILES string of the molecule is CN1CCC(C)(Cn2c(=S)[nH]c3ccccc32)CC1. The topological polar surface area (TPSA) is 24.0 Å². The van der Waals surface area contributed by atoms with Crippen LogP contribution in [0, 0.1) is 10.2 Å². The molecule has 3 nitrogen and oxygen atoms in total. The summed E-state index contributed by atoms with van der Waals surface area (Å²) < 4.78 is 3.12. The Balaban J connectivity index is 1.93. The van der Waals surface area contributed by atoms with Gasteiger partial charge in [-0.1, -0.05) is 19.1 Å². The second-order valence-corrected chi connectivity index (χ2v) is 6.53. The van der Waals surface area contributed by atoms with Gasteiger partial charge >= 0.3 is 0 Å². The van der Waals surface area contributed by atoms with Crippen LogP contribution in [0.2, 0.25) is 0 Å². The fourth-order valence-corrected chi connectivity index (χ4v) is 3.23. The average Bonchev–Trinajstić information content (AvgIpc) is 2.70. The summed E-state index contributed by atoms with van der Waals surface area (Å²) in [5.41, 5.74) is 2.73. The van der Waals surface area contributed by atoms with E-state index in [2.05, 4.69) is 52.7 Å². The number of likely N-dealkylation sites (tertiary alicyclic amines) is 1. The van der Waals surface area contributed by atoms with Crippen LogP contribution in [0.15, 0.2) is 24.3 Å². The molecule has 1 aliphatic heterocycles. The second kappa shape index (κ2) is 4.76. The van der Waals surface area contributed by atoms with Gasteiger partial charge in [-0.3, -0.25) is 0 Å². The number of hydrogen-bond donors (Lipinski definition) is 1. The number of piperidine rings is 1. The van der Waals surface area contributed by atoms with Crippen LogP contribution in [0.5, 0.6) is 0 Å². The van der Waals surface area contributed by atoms with E-state index in [1.165, 1.54) is 31.4 Å². The molecule has 102 valence electrons. The summed E-state index contributed by atoms with van der Waals surface area (Å²) in [6.45, 7) is 5.78. The van der Waals surface area contributed by atoms with Gasteiger partial charge in [0.15, 0.2) is 4.77 Å². The van der Waals surface area contributed by atoms with Crippen LogP contribution in [-0.4, -0.2) is 34.6 Å². The molecule has 19 heavy (non-hydrogen) atoms. The highest BCUT2D eigenvalue weighted by Gasteiger charge is 2.29. The first-order valence-electron chi connectivity index (χ1n) is 6.94. The number of hydrogen-bond acceptors (Lipinski definition) is 2. The lowest BCUT2D eigenvalue weighted by Crippen LogP contribution is -2.38. The molecule has 0 saturated carbocycles. The fraction of sp³-hybridized carbons (Fsp3) is 0.533. The van der Waals surface area contributed by atoms with Gasteiger partial charge < -0.3 is 14.5 Å². The predicted molar refractivity (Wildman–Crippen MR) is 82.0 cm³/mol. The van der Waals surface area contributed by atoms with Gasteiger partial charge in [-0.15, -0.1) is 0 Å². The van der Waals surface area contributed by atoms with Crippen molar-refractivity contribution in [1.82, 2.24) is 14.5 Å². The lowest BCUT2D eigenvalue weighted by Gasteiger charge is -2.38. The van der Waals surface area contributed by atoms with Crippen molar-refractivity contribution in [3.05, 3.63) is 29.0 Å². The highest BCUT2D eigenvalue weighted by Crippen LogP contribution is 2.33. The molecule has 0 radical (unpaired) electrons. The van der Waals surface area contributed by atoms with Crippen molar-refractivity contribution in [3.8, 4) is 0 Å². The highest BCUT2D eigenvalue weighted by atomic mass is 32.1. The smallest absolute Gasteiger partial charge is 0.178 e. The van der Waals surface area contributed by atoms with E-state index < -0.39 is 0 Å². The number of rotatable bonds is 2. The molecule has 1 aromatic carbocycles. The number of nitrogens with zero attached hydrogens (tertiary/aromatic N) is 2. The van der Waals surface area contributed by atoms with Gasteiger partial charge in [-0.2, -0.15) is 0 Å². The van der Waals surface area contributed by atoms with Crippen LogP contribution >= 0.6 is 12.2 Å². The summed E-state index contributed by atoms with van der Waals surface area (Å²) in [4.78, 5) is 5.72. The number of aromatic amines is 1. The Morgan fingerprint density at radius 1 is 1.26 bits per heavy atom. The van der Waals surface area contributed by atoms with Crippen LogP contribution < -0.4 is 0 Å². The van der Waals surface area contributed by atoms with Gasteiger partial charge in [0, 0.05) is 6.54 Å². The lowest BCUT2D eigenvalue weighted by atomic mass is 9.80. The molecule has 2 aromatic rings. The monoisotopic (exact) mass is 275 g/mol. The zero-order valence-corrected chi connectivity index (χ0v) is 12.5. The molecule has 4 heteroatoms. The molecule has 1 aromatic heterocycles. The molecule has 1 aliphatic rings. The molecule has 1 N–H and O–H groups in total. The van der Waals surface area contributed by atoms with Crippen LogP contribution in [0.25, 0.3) is 11.0 Å². The zero-order valence-electron chi connectivity index (χ0n) is 11.6.